The van der Waals surface area contributed by atoms with Crippen LogP contribution < -0.4 is 14.8 Å². The number of esters is 1. The molecule has 0 aliphatic rings. The number of sulfonamides is 1. The lowest BCUT2D eigenvalue weighted by atomic mass is 10.2. The van der Waals surface area contributed by atoms with E-state index in [4.69, 9.17) is 4.74 Å². The van der Waals surface area contributed by atoms with E-state index in [-0.39, 0.29) is 22.2 Å². The van der Waals surface area contributed by atoms with Crippen LogP contribution in [0.25, 0.3) is 0 Å². The summed E-state index contributed by atoms with van der Waals surface area (Å²) in [7, 11) is -3.88. The number of nitrogens with one attached hydrogen (secondary N) is 2. The molecular weight excluding hydrogens is 396 g/mol. The predicted molar refractivity (Wildman–Crippen MR) is 105 cm³/mol. The Morgan fingerprint density at radius 2 is 1.59 bits per heavy atom. The van der Waals surface area contributed by atoms with Gasteiger partial charge in [0.05, 0.1) is 10.5 Å². The van der Waals surface area contributed by atoms with Gasteiger partial charge in [0.2, 0.25) is 5.95 Å². The summed E-state index contributed by atoms with van der Waals surface area (Å²) >= 11 is 0. The number of carbonyl (C=O) groups excluding carboxylic acids is 2. The Bertz CT molecular complexity index is 1130. The Kier molecular flexibility index (Phi) is 5.84. The standard InChI is InChI=1S/C19H16N4O5S/c1-13(24)28-17-6-3-2-5-16(17)18(25)22-14-7-9-15(10-8-14)29(26,27)23-19-20-11-4-12-21-19/h2-12H,1H3,(H,22,25)(H,20,21,23). The highest BCUT2D eigenvalue weighted by atomic mass is 32.2. The third kappa shape index (κ3) is 5.14. The highest BCUT2D eigenvalue weighted by molar-refractivity contribution is 7.92. The summed E-state index contributed by atoms with van der Waals surface area (Å²) in [5.41, 5.74) is 0.532. The molecule has 2 N–H and O–H groups in total. The van der Waals surface area contributed by atoms with Crippen LogP contribution in [-0.4, -0.2) is 30.3 Å². The van der Waals surface area contributed by atoms with Crippen molar-refractivity contribution in [2.75, 3.05) is 10.0 Å². The van der Waals surface area contributed by atoms with Crippen LogP contribution in [0.5, 0.6) is 5.75 Å². The topological polar surface area (TPSA) is 127 Å². The molecule has 0 atom stereocenters. The number of ether oxygens (including phenoxy) is 1. The minimum absolute atomic E-state index is 0.0248. The number of hydrogen-bond acceptors (Lipinski definition) is 7. The van der Waals surface area contributed by atoms with Gasteiger partial charge >= 0.3 is 5.97 Å². The van der Waals surface area contributed by atoms with Gasteiger partial charge < -0.3 is 10.1 Å². The molecule has 0 saturated heterocycles. The minimum Gasteiger partial charge on any atom is -0.426 e. The number of para-hydroxylation sites is 1. The van der Waals surface area contributed by atoms with Crippen molar-refractivity contribution in [3.63, 3.8) is 0 Å². The summed E-state index contributed by atoms with van der Waals surface area (Å²) in [5.74, 6) is -0.973. The van der Waals surface area contributed by atoms with Crippen LogP contribution in [-0.2, 0) is 14.8 Å². The lowest BCUT2D eigenvalue weighted by molar-refractivity contribution is -0.131. The normalized spacial score (nSPS) is 10.8. The molecule has 29 heavy (non-hydrogen) atoms. The highest BCUT2D eigenvalue weighted by Crippen LogP contribution is 2.21. The van der Waals surface area contributed by atoms with E-state index in [1.807, 2.05) is 0 Å². The molecule has 1 heterocycles. The Morgan fingerprint density at radius 3 is 2.24 bits per heavy atom. The zero-order chi connectivity index (χ0) is 20.9. The fraction of sp³-hybridized carbons (Fsp3) is 0.0526. The number of anilines is 2. The van der Waals surface area contributed by atoms with Crippen LogP contribution in [0.2, 0.25) is 0 Å². The Hall–Kier alpha value is -3.79. The first-order valence-corrected chi connectivity index (χ1v) is 9.82. The van der Waals surface area contributed by atoms with Crippen molar-refractivity contribution >= 4 is 33.5 Å². The summed E-state index contributed by atoms with van der Waals surface area (Å²) in [6, 6.07) is 13.4. The van der Waals surface area contributed by atoms with E-state index in [9.17, 15) is 18.0 Å². The number of aromatic nitrogens is 2. The minimum atomic E-state index is -3.88. The Labute approximate surface area is 166 Å². The van der Waals surface area contributed by atoms with Crippen molar-refractivity contribution in [3.05, 3.63) is 72.6 Å². The molecule has 9 nitrogen and oxygen atoms in total. The van der Waals surface area contributed by atoms with E-state index in [0.29, 0.717) is 5.69 Å². The van der Waals surface area contributed by atoms with Crippen LogP contribution in [0.1, 0.15) is 17.3 Å². The van der Waals surface area contributed by atoms with Crippen LogP contribution in [0, 0.1) is 0 Å². The average Bonchev–Trinajstić information content (AvgIpc) is 2.69. The van der Waals surface area contributed by atoms with E-state index in [1.54, 1.807) is 18.2 Å². The highest BCUT2D eigenvalue weighted by Gasteiger charge is 2.17. The second kappa shape index (κ2) is 8.48. The number of nitrogens with zero attached hydrogens (tertiary/aromatic N) is 2. The van der Waals surface area contributed by atoms with Gasteiger partial charge in [-0.3, -0.25) is 9.59 Å². The second-order valence-electron chi connectivity index (χ2n) is 5.75. The quantitative estimate of drug-likeness (QED) is 0.470. The molecule has 0 saturated carbocycles. The zero-order valence-electron chi connectivity index (χ0n) is 15.2. The van der Waals surface area contributed by atoms with Gasteiger partial charge in [0.15, 0.2) is 0 Å². The van der Waals surface area contributed by atoms with Crippen LogP contribution in [0.15, 0.2) is 71.9 Å². The molecular formula is C19H16N4O5S. The van der Waals surface area contributed by atoms with Crippen LogP contribution in [0.3, 0.4) is 0 Å². The number of carbonyl (C=O) groups is 2. The fourth-order valence-electron chi connectivity index (χ4n) is 2.34. The van der Waals surface area contributed by atoms with Crippen molar-refractivity contribution in [2.45, 2.75) is 11.8 Å². The fourth-order valence-corrected chi connectivity index (χ4v) is 3.30. The lowest BCUT2D eigenvalue weighted by Gasteiger charge is -2.10. The number of amides is 1. The molecule has 3 aromatic rings. The van der Waals surface area contributed by atoms with Gasteiger partial charge in [0.1, 0.15) is 5.75 Å². The van der Waals surface area contributed by atoms with Crippen LogP contribution >= 0.6 is 0 Å². The second-order valence-corrected chi connectivity index (χ2v) is 7.43. The molecule has 10 heteroatoms. The van der Waals surface area contributed by atoms with Gasteiger partial charge in [-0.15, -0.1) is 0 Å². The molecule has 0 aliphatic carbocycles. The molecule has 0 aliphatic heterocycles. The predicted octanol–water partition coefficient (Wildman–Crippen LogP) is 2.46. The molecule has 0 fully saturated rings. The summed E-state index contributed by atoms with van der Waals surface area (Å²) in [6.45, 7) is 1.24. The average molecular weight is 412 g/mol. The largest absolute Gasteiger partial charge is 0.426 e. The van der Waals surface area contributed by atoms with Crippen molar-refractivity contribution < 1.29 is 22.7 Å². The van der Waals surface area contributed by atoms with Gasteiger partial charge in [-0.2, -0.15) is 0 Å². The van der Waals surface area contributed by atoms with E-state index >= 15 is 0 Å². The first-order chi connectivity index (χ1) is 13.8. The summed E-state index contributed by atoms with van der Waals surface area (Å²) in [6.07, 6.45) is 2.83. The van der Waals surface area contributed by atoms with Crippen molar-refractivity contribution in [1.82, 2.24) is 9.97 Å². The lowest BCUT2D eigenvalue weighted by Crippen LogP contribution is -2.16. The van der Waals surface area contributed by atoms with Gasteiger partial charge in [0.25, 0.3) is 15.9 Å². The maximum atomic E-state index is 12.5. The first-order valence-electron chi connectivity index (χ1n) is 8.34. The maximum Gasteiger partial charge on any atom is 0.308 e. The van der Waals surface area contributed by atoms with Crippen molar-refractivity contribution in [2.24, 2.45) is 0 Å². The number of benzene rings is 2. The number of rotatable bonds is 6. The van der Waals surface area contributed by atoms with Gasteiger partial charge in [-0.1, -0.05) is 12.1 Å². The Morgan fingerprint density at radius 1 is 0.931 bits per heavy atom. The molecule has 3 rings (SSSR count). The van der Waals surface area contributed by atoms with Crippen molar-refractivity contribution in [1.29, 1.82) is 0 Å². The van der Waals surface area contributed by atoms with E-state index in [2.05, 4.69) is 20.0 Å². The van der Waals surface area contributed by atoms with Gasteiger partial charge in [-0.25, -0.2) is 23.1 Å². The Balaban J connectivity index is 1.74. The third-order valence-corrected chi connectivity index (χ3v) is 4.94. The smallest absolute Gasteiger partial charge is 0.308 e. The zero-order valence-corrected chi connectivity index (χ0v) is 16.0. The SMILES string of the molecule is CC(=O)Oc1ccccc1C(=O)Nc1ccc(S(=O)(=O)Nc2ncccn2)cc1. The van der Waals surface area contributed by atoms with Crippen molar-refractivity contribution in [3.8, 4) is 5.75 Å². The van der Waals surface area contributed by atoms with Gasteiger partial charge in [-0.05, 0) is 42.5 Å². The summed E-state index contributed by atoms with van der Waals surface area (Å²) in [5, 5.41) is 2.63. The molecule has 0 spiro atoms. The van der Waals surface area contributed by atoms with E-state index in [0.717, 1.165) is 0 Å². The molecule has 2 aromatic carbocycles. The molecule has 1 aromatic heterocycles. The summed E-state index contributed by atoms with van der Waals surface area (Å²) in [4.78, 5) is 31.3. The van der Waals surface area contributed by atoms with E-state index < -0.39 is 21.9 Å². The maximum absolute atomic E-state index is 12.5. The van der Waals surface area contributed by atoms with Gasteiger partial charge in [0, 0.05) is 25.0 Å². The number of hydrogen-bond donors (Lipinski definition) is 2. The first kappa shape index (κ1) is 20.0. The molecule has 0 radical (unpaired) electrons. The molecule has 0 bridgehead atoms. The van der Waals surface area contributed by atoms with Crippen LogP contribution in [0.4, 0.5) is 11.6 Å². The molecule has 148 valence electrons. The summed E-state index contributed by atoms with van der Waals surface area (Å²) < 4.78 is 32.0. The monoisotopic (exact) mass is 412 g/mol. The van der Waals surface area contributed by atoms with E-state index in [1.165, 1.54) is 55.7 Å². The third-order valence-electron chi connectivity index (χ3n) is 3.60. The molecule has 1 amide bonds. The molecule has 0 unspecified atom stereocenters.